The van der Waals surface area contributed by atoms with Gasteiger partial charge in [-0.2, -0.15) is 0 Å². The van der Waals surface area contributed by atoms with Gasteiger partial charge in [0, 0.05) is 31.0 Å². The lowest BCUT2D eigenvalue weighted by Crippen LogP contribution is -2.32. The van der Waals surface area contributed by atoms with Crippen molar-refractivity contribution in [1.82, 2.24) is 14.5 Å². The van der Waals surface area contributed by atoms with E-state index in [1.807, 2.05) is 52.1 Å². The zero-order valence-electron chi connectivity index (χ0n) is 18.2. The molecule has 0 aliphatic carbocycles. The molecule has 0 radical (unpaired) electrons. The molecule has 0 bridgehead atoms. The Bertz CT molecular complexity index is 1400. The summed E-state index contributed by atoms with van der Waals surface area (Å²) >= 11 is 1.58. The van der Waals surface area contributed by atoms with Crippen molar-refractivity contribution in [2.24, 2.45) is 0 Å². The summed E-state index contributed by atoms with van der Waals surface area (Å²) in [6, 6.07) is 18.3. The molecule has 2 heterocycles. The average Bonchev–Trinajstić information content (AvgIpc) is 3.46. The van der Waals surface area contributed by atoms with Crippen LogP contribution in [0, 0.1) is 13.8 Å². The Morgan fingerprint density at radius 2 is 1.91 bits per heavy atom. The summed E-state index contributed by atoms with van der Waals surface area (Å²) in [6.07, 6.45) is 6.33. The number of fused-ring (bicyclic) bond motifs is 2. The van der Waals surface area contributed by atoms with Crippen molar-refractivity contribution in [2.45, 2.75) is 26.8 Å². The van der Waals surface area contributed by atoms with Gasteiger partial charge in [0.15, 0.2) is 5.13 Å². The highest BCUT2D eigenvalue weighted by atomic mass is 32.1. The number of rotatable bonds is 6. The lowest BCUT2D eigenvalue weighted by atomic mass is 10.1. The maximum atomic E-state index is 13.7. The lowest BCUT2D eigenvalue weighted by molar-refractivity contribution is 0.0986. The first-order chi connectivity index (χ1) is 15.6. The summed E-state index contributed by atoms with van der Waals surface area (Å²) in [6.45, 7) is 5.55. The summed E-state index contributed by atoms with van der Waals surface area (Å²) in [5, 5.41) is 2.94. The molecule has 0 fully saturated rings. The molecule has 1 amide bonds. The standard InChI is InChI=1S/C26H24N4OS/c1-18-14-19(2)24-23(15-18)32-26(28-24)30(12-5-11-29-13-10-27-17-29)25(31)22-9-8-20-6-3-4-7-21(20)16-22/h3-4,6-10,13-17H,5,11-12H2,1-2H3. The number of carbonyl (C=O) groups excluding carboxylic acids is 1. The largest absolute Gasteiger partial charge is 0.337 e. The molecule has 2 aromatic heterocycles. The minimum atomic E-state index is -0.0187. The van der Waals surface area contributed by atoms with Crippen molar-refractivity contribution in [1.29, 1.82) is 0 Å². The zero-order chi connectivity index (χ0) is 22.1. The topological polar surface area (TPSA) is 51.0 Å². The van der Waals surface area contributed by atoms with E-state index in [0.717, 1.165) is 44.6 Å². The fourth-order valence-electron chi connectivity index (χ4n) is 4.07. The van der Waals surface area contributed by atoms with Crippen molar-refractivity contribution in [3.8, 4) is 0 Å². The third-order valence-electron chi connectivity index (χ3n) is 5.65. The van der Waals surface area contributed by atoms with Crippen LogP contribution in [0.2, 0.25) is 0 Å². The monoisotopic (exact) mass is 440 g/mol. The first-order valence-corrected chi connectivity index (χ1v) is 11.5. The third kappa shape index (κ3) is 4.01. The number of amides is 1. The molecule has 5 aromatic rings. The molecular formula is C26H24N4OS. The molecule has 0 aliphatic rings. The van der Waals surface area contributed by atoms with Gasteiger partial charge in [0.1, 0.15) is 0 Å². The number of hydrogen-bond acceptors (Lipinski definition) is 4. The number of aromatic nitrogens is 3. The average molecular weight is 441 g/mol. The highest BCUT2D eigenvalue weighted by Crippen LogP contribution is 2.33. The van der Waals surface area contributed by atoms with Crippen LogP contribution in [0.15, 0.2) is 73.3 Å². The van der Waals surface area contributed by atoms with Gasteiger partial charge in [-0.05, 0) is 60.4 Å². The van der Waals surface area contributed by atoms with Crippen LogP contribution in [-0.2, 0) is 6.54 Å². The Kier molecular flexibility index (Phi) is 5.45. The Morgan fingerprint density at radius 3 is 2.72 bits per heavy atom. The molecule has 0 aliphatic heterocycles. The fraction of sp³-hybridized carbons (Fsp3) is 0.192. The van der Waals surface area contributed by atoms with Crippen LogP contribution in [0.1, 0.15) is 27.9 Å². The molecule has 160 valence electrons. The van der Waals surface area contributed by atoms with Crippen molar-refractivity contribution in [3.05, 3.63) is 90.0 Å². The van der Waals surface area contributed by atoms with Gasteiger partial charge in [-0.15, -0.1) is 0 Å². The van der Waals surface area contributed by atoms with E-state index in [9.17, 15) is 4.79 Å². The maximum absolute atomic E-state index is 13.7. The van der Waals surface area contributed by atoms with Gasteiger partial charge in [0.25, 0.3) is 5.91 Å². The van der Waals surface area contributed by atoms with Crippen molar-refractivity contribution in [2.75, 3.05) is 11.4 Å². The first-order valence-electron chi connectivity index (χ1n) is 10.7. The van der Waals surface area contributed by atoms with Gasteiger partial charge >= 0.3 is 0 Å². The summed E-state index contributed by atoms with van der Waals surface area (Å²) in [7, 11) is 0. The molecule has 3 aromatic carbocycles. The number of hydrogen-bond donors (Lipinski definition) is 0. The maximum Gasteiger partial charge on any atom is 0.260 e. The Morgan fingerprint density at radius 1 is 1.06 bits per heavy atom. The molecule has 0 saturated carbocycles. The first kappa shape index (κ1) is 20.4. The number of imidazole rings is 1. The van der Waals surface area contributed by atoms with Gasteiger partial charge in [0.2, 0.25) is 0 Å². The predicted octanol–water partition coefficient (Wildman–Crippen LogP) is 6.00. The van der Waals surface area contributed by atoms with Crippen LogP contribution in [0.3, 0.4) is 0 Å². The summed E-state index contributed by atoms with van der Waals surface area (Å²) in [5.41, 5.74) is 4.00. The van der Waals surface area contributed by atoms with Crippen LogP contribution in [0.5, 0.6) is 0 Å². The fourth-order valence-corrected chi connectivity index (χ4v) is 5.23. The third-order valence-corrected chi connectivity index (χ3v) is 6.67. The van der Waals surface area contributed by atoms with E-state index in [1.54, 1.807) is 23.9 Å². The molecule has 0 saturated heterocycles. The van der Waals surface area contributed by atoms with E-state index in [1.165, 1.54) is 5.56 Å². The molecule has 0 unspecified atom stereocenters. The van der Waals surface area contributed by atoms with E-state index in [4.69, 9.17) is 4.98 Å². The van der Waals surface area contributed by atoms with Crippen LogP contribution >= 0.6 is 11.3 Å². The van der Waals surface area contributed by atoms with E-state index < -0.39 is 0 Å². The van der Waals surface area contributed by atoms with Crippen LogP contribution in [0.4, 0.5) is 5.13 Å². The molecule has 5 rings (SSSR count). The SMILES string of the molecule is Cc1cc(C)c2nc(N(CCCn3ccnc3)C(=O)c3ccc4ccccc4c3)sc2c1. The van der Waals surface area contributed by atoms with Gasteiger partial charge < -0.3 is 4.57 Å². The van der Waals surface area contributed by atoms with Crippen molar-refractivity contribution in [3.63, 3.8) is 0 Å². The second-order valence-electron chi connectivity index (χ2n) is 8.10. The van der Waals surface area contributed by atoms with Crippen molar-refractivity contribution >= 4 is 43.4 Å². The normalized spacial score (nSPS) is 11.3. The quantitative estimate of drug-likeness (QED) is 0.325. The van der Waals surface area contributed by atoms with Crippen molar-refractivity contribution < 1.29 is 4.79 Å². The van der Waals surface area contributed by atoms with Crippen LogP contribution in [-0.4, -0.2) is 27.0 Å². The Labute approximate surface area is 191 Å². The number of anilines is 1. The second-order valence-corrected chi connectivity index (χ2v) is 9.11. The molecule has 6 heteroatoms. The molecule has 5 nitrogen and oxygen atoms in total. The molecular weight excluding hydrogens is 416 g/mol. The zero-order valence-corrected chi connectivity index (χ0v) is 19.0. The van der Waals surface area contributed by atoms with Crippen LogP contribution < -0.4 is 4.90 Å². The highest BCUT2D eigenvalue weighted by molar-refractivity contribution is 7.22. The minimum Gasteiger partial charge on any atom is -0.337 e. The molecule has 0 N–H and O–H groups in total. The number of thiazole rings is 1. The van der Waals surface area contributed by atoms with Crippen LogP contribution in [0.25, 0.3) is 21.0 Å². The Balaban J connectivity index is 1.50. The summed E-state index contributed by atoms with van der Waals surface area (Å²) in [5.74, 6) is -0.0187. The molecule has 32 heavy (non-hydrogen) atoms. The highest BCUT2D eigenvalue weighted by Gasteiger charge is 2.22. The molecule has 0 atom stereocenters. The van der Waals surface area contributed by atoms with Gasteiger partial charge in [-0.25, -0.2) is 9.97 Å². The van der Waals surface area contributed by atoms with Gasteiger partial charge in [-0.1, -0.05) is 47.7 Å². The number of benzene rings is 3. The van der Waals surface area contributed by atoms with E-state index >= 15 is 0 Å². The van der Waals surface area contributed by atoms with E-state index in [0.29, 0.717) is 12.1 Å². The van der Waals surface area contributed by atoms with E-state index in [-0.39, 0.29) is 5.91 Å². The lowest BCUT2D eigenvalue weighted by Gasteiger charge is -2.20. The number of aryl methyl sites for hydroxylation is 3. The van der Waals surface area contributed by atoms with Gasteiger partial charge in [-0.3, -0.25) is 9.69 Å². The molecule has 0 spiro atoms. The number of nitrogens with zero attached hydrogens (tertiary/aromatic N) is 4. The summed E-state index contributed by atoms with van der Waals surface area (Å²) < 4.78 is 3.15. The second kappa shape index (κ2) is 8.55. The minimum absolute atomic E-state index is 0.0187. The Hall–Kier alpha value is -3.51. The van der Waals surface area contributed by atoms with Gasteiger partial charge in [0.05, 0.1) is 16.5 Å². The predicted molar refractivity (Wildman–Crippen MR) is 132 cm³/mol. The number of carbonyl (C=O) groups is 1. The smallest absolute Gasteiger partial charge is 0.260 e. The van der Waals surface area contributed by atoms with E-state index in [2.05, 4.69) is 37.0 Å². The summed E-state index contributed by atoms with van der Waals surface area (Å²) in [4.78, 5) is 24.5.